The lowest BCUT2D eigenvalue weighted by molar-refractivity contribution is 0.106. The van der Waals surface area contributed by atoms with Gasteiger partial charge in [-0.3, -0.25) is 0 Å². The average molecular weight is 213 g/mol. The molecule has 2 aliphatic rings. The molecule has 0 bridgehead atoms. The summed E-state index contributed by atoms with van der Waals surface area (Å²) in [5, 5.41) is 9.27. The monoisotopic (exact) mass is 213 g/mol. The normalized spacial score (nSPS) is 31.8. The zero-order valence-corrected chi connectivity index (χ0v) is 9.02. The van der Waals surface area contributed by atoms with E-state index in [1.54, 1.807) is 4.90 Å². The summed E-state index contributed by atoms with van der Waals surface area (Å²) in [6.45, 7) is 2.26. The number of hydrogen-bond donors (Lipinski definition) is 1. The highest BCUT2D eigenvalue weighted by molar-refractivity contribution is 5.69. The van der Waals surface area contributed by atoms with Gasteiger partial charge in [0.1, 0.15) is 6.61 Å². The molecule has 4 heteroatoms. The lowest BCUT2D eigenvalue weighted by atomic mass is 9.79. The van der Waals surface area contributed by atoms with Gasteiger partial charge in [-0.15, -0.1) is 0 Å². The summed E-state index contributed by atoms with van der Waals surface area (Å²) < 4.78 is 4.90. The van der Waals surface area contributed by atoms with Crippen molar-refractivity contribution in [2.24, 2.45) is 11.8 Å². The van der Waals surface area contributed by atoms with Gasteiger partial charge in [0.15, 0.2) is 0 Å². The smallest absolute Gasteiger partial charge is 0.409 e. The maximum atomic E-state index is 11.3. The Hall–Kier alpha value is -0.770. The highest BCUT2D eigenvalue weighted by atomic mass is 16.6. The van der Waals surface area contributed by atoms with Gasteiger partial charge in [0.25, 0.3) is 0 Å². The van der Waals surface area contributed by atoms with Gasteiger partial charge in [0, 0.05) is 13.2 Å². The fourth-order valence-corrected chi connectivity index (χ4v) is 2.64. The number of cyclic esters (lactones) is 1. The number of ether oxygens (including phenoxy) is 1. The highest BCUT2D eigenvalue weighted by Crippen LogP contribution is 2.30. The summed E-state index contributed by atoms with van der Waals surface area (Å²) in [4.78, 5) is 13.1. The zero-order chi connectivity index (χ0) is 10.7. The van der Waals surface area contributed by atoms with Crippen LogP contribution in [0.5, 0.6) is 0 Å². The van der Waals surface area contributed by atoms with Crippen LogP contribution in [0, 0.1) is 11.8 Å². The molecule has 15 heavy (non-hydrogen) atoms. The molecule has 0 aromatic carbocycles. The SMILES string of the molecule is O=C1OCCN1CC1CCCCC1CO. The Morgan fingerprint density at radius 2 is 2.07 bits per heavy atom. The predicted molar refractivity (Wildman–Crippen MR) is 55.5 cm³/mol. The number of amides is 1. The van der Waals surface area contributed by atoms with E-state index >= 15 is 0 Å². The van der Waals surface area contributed by atoms with E-state index in [9.17, 15) is 9.90 Å². The molecule has 1 aliphatic carbocycles. The van der Waals surface area contributed by atoms with Gasteiger partial charge >= 0.3 is 6.09 Å². The molecule has 0 spiro atoms. The molecule has 1 saturated heterocycles. The van der Waals surface area contributed by atoms with Crippen LogP contribution in [0.15, 0.2) is 0 Å². The first-order valence-electron chi connectivity index (χ1n) is 5.84. The number of carbonyl (C=O) groups is 1. The molecular weight excluding hydrogens is 194 g/mol. The minimum Gasteiger partial charge on any atom is -0.448 e. The third kappa shape index (κ3) is 2.43. The summed E-state index contributed by atoms with van der Waals surface area (Å²) in [5.41, 5.74) is 0. The Bertz CT molecular complexity index is 232. The first-order valence-corrected chi connectivity index (χ1v) is 5.84. The molecule has 1 aliphatic heterocycles. The molecule has 2 unspecified atom stereocenters. The molecule has 0 radical (unpaired) electrons. The van der Waals surface area contributed by atoms with Crippen LogP contribution in [0.1, 0.15) is 25.7 Å². The first-order chi connectivity index (χ1) is 7.31. The molecular formula is C11H19NO3. The van der Waals surface area contributed by atoms with Crippen LogP contribution in [-0.2, 0) is 4.74 Å². The van der Waals surface area contributed by atoms with E-state index in [-0.39, 0.29) is 12.7 Å². The average Bonchev–Trinajstić information content (AvgIpc) is 2.65. The van der Waals surface area contributed by atoms with Crippen molar-refractivity contribution in [3.05, 3.63) is 0 Å². The number of aliphatic hydroxyl groups excluding tert-OH is 1. The van der Waals surface area contributed by atoms with Crippen molar-refractivity contribution in [1.82, 2.24) is 4.90 Å². The van der Waals surface area contributed by atoms with Gasteiger partial charge in [-0.2, -0.15) is 0 Å². The van der Waals surface area contributed by atoms with Crippen molar-refractivity contribution >= 4 is 6.09 Å². The van der Waals surface area contributed by atoms with Gasteiger partial charge in [0.2, 0.25) is 0 Å². The fraction of sp³-hybridized carbons (Fsp3) is 0.909. The molecule has 2 fully saturated rings. The summed E-state index contributed by atoms with van der Waals surface area (Å²) >= 11 is 0. The van der Waals surface area contributed by atoms with Gasteiger partial charge < -0.3 is 14.7 Å². The Morgan fingerprint density at radius 3 is 2.67 bits per heavy atom. The standard InChI is InChI=1S/C11H19NO3/c13-8-10-4-2-1-3-9(10)7-12-5-6-15-11(12)14/h9-10,13H,1-8H2. The van der Waals surface area contributed by atoms with E-state index in [0.717, 1.165) is 19.4 Å². The van der Waals surface area contributed by atoms with E-state index in [4.69, 9.17) is 4.74 Å². The summed E-state index contributed by atoms with van der Waals surface area (Å²) in [7, 11) is 0. The van der Waals surface area contributed by atoms with E-state index in [0.29, 0.717) is 25.0 Å². The molecule has 2 atom stereocenters. The van der Waals surface area contributed by atoms with E-state index < -0.39 is 0 Å². The topological polar surface area (TPSA) is 49.8 Å². The minimum atomic E-state index is -0.183. The van der Waals surface area contributed by atoms with Crippen LogP contribution in [0.3, 0.4) is 0 Å². The molecule has 86 valence electrons. The van der Waals surface area contributed by atoms with Crippen LogP contribution in [0.2, 0.25) is 0 Å². The zero-order valence-electron chi connectivity index (χ0n) is 9.02. The van der Waals surface area contributed by atoms with Crippen LogP contribution >= 0.6 is 0 Å². The molecule has 1 saturated carbocycles. The number of carbonyl (C=O) groups excluding carboxylic acids is 1. The molecule has 0 aromatic rings. The lowest BCUT2D eigenvalue weighted by Gasteiger charge is -2.32. The van der Waals surface area contributed by atoms with E-state index in [2.05, 4.69) is 0 Å². The molecule has 0 aromatic heterocycles. The number of aliphatic hydroxyl groups is 1. The summed E-state index contributed by atoms with van der Waals surface area (Å²) in [5.74, 6) is 0.849. The number of nitrogens with zero attached hydrogens (tertiary/aromatic N) is 1. The predicted octanol–water partition coefficient (Wildman–Crippen LogP) is 1.24. The lowest BCUT2D eigenvalue weighted by Crippen LogP contribution is -2.36. The van der Waals surface area contributed by atoms with Crippen LogP contribution < -0.4 is 0 Å². The Kier molecular flexibility index (Phi) is 3.46. The quantitative estimate of drug-likeness (QED) is 0.767. The Balaban J connectivity index is 1.88. The Morgan fingerprint density at radius 1 is 1.33 bits per heavy atom. The first kappa shape index (κ1) is 10.7. The number of rotatable bonds is 3. The van der Waals surface area contributed by atoms with Gasteiger partial charge in [0.05, 0.1) is 6.54 Å². The van der Waals surface area contributed by atoms with Gasteiger partial charge in [-0.25, -0.2) is 4.79 Å². The van der Waals surface area contributed by atoms with Crippen molar-refractivity contribution in [2.75, 3.05) is 26.3 Å². The maximum Gasteiger partial charge on any atom is 0.409 e. The largest absolute Gasteiger partial charge is 0.448 e. The van der Waals surface area contributed by atoms with Crippen molar-refractivity contribution in [3.8, 4) is 0 Å². The highest BCUT2D eigenvalue weighted by Gasteiger charge is 2.30. The molecule has 1 amide bonds. The van der Waals surface area contributed by atoms with Crippen LogP contribution in [0.4, 0.5) is 4.79 Å². The van der Waals surface area contributed by atoms with Crippen molar-refractivity contribution < 1.29 is 14.6 Å². The third-order valence-corrected chi connectivity index (χ3v) is 3.60. The third-order valence-electron chi connectivity index (χ3n) is 3.60. The number of hydrogen-bond acceptors (Lipinski definition) is 3. The van der Waals surface area contributed by atoms with E-state index in [1.807, 2.05) is 0 Å². The maximum absolute atomic E-state index is 11.3. The molecule has 1 N–H and O–H groups in total. The molecule has 4 nitrogen and oxygen atoms in total. The van der Waals surface area contributed by atoms with Crippen LogP contribution in [0.25, 0.3) is 0 Å². The summed E-state index contributed by atoms with van der Waals surface area (Å²) in [6, 6.07) is 0. The van der Waals surface area contributed by atoms with Crippen molar-refractivity contribution in [3.63, 3.8) is 0 Å². The van der Waals surface area contributed by atoms with Gasteiger partial charge in [-0.05, 0) is 24.7 Å². The molecule has 1 heterocycles. The summed E-state index contributed by atoms with van der Waals surface area (Å²) in [6.07, 6.45) is 4.49. The van der Waals surface area contributed by atoms with Crippen molar-refractivity contribution in [2.45, 2.75) is 25.7 Å². The van der Waals surface area contributed by atoms with Crippen LogP contribution in [-0.4, -0.2) is 42.4 Å². The minimum absolute atomic E-state index is 0.183. The van der Waals surface area contributed by atoms with Crippen molar-refractivity contribution in [1.29, 1.82) is 0 Å². The van der Waals surface area contributed by atoms with E-state index in [1.165, 1.54) is 12.8 Å². The van der Waals surface area contributed by atoms with Gasteiger partial charge in [-0.1, -0.05) is 12.8 Å². The second kappa shape index (κ2) is 4.84. The second-order valence-corrected chi connectivity index (χ2v) is 4.55. The molecule has 2 rings (SSSR count). The second-order valence-electron chi connectivity index (χ2n) is 4.55. The fourth-order valence-electron chi connectivity index (χ4n) is 2.64. The Labute approximate surface area is 90.2 Å².